The van der Waals surface area contributed by atoms with Gasteiger partial charge in [-0.05, 0) is 13.1 Å². The Morgan fingerprint density at radius 1 is 1.27 bits per heavy atom. The molecule has 8 nitrogen and oxygen atoms in total. The van der Waals surface area contributed by atoms with E-state index < -0.39 is 0 Å². The van der Waals surface area contributed by atoms with Crippen molar-refractivity contribution in [3.63, 3.8) is 0 Å². The summed E-state index contributed by atoms with van der Waals surface area (Å²) in [5.41, 5.74) is 0.781. The van der Waals surface area contributed by atoms with Crippen molar-refractivity contribution in [2.45, 2.75) is 6.54 Å². The van der Waals surface area contributed by atoms with Crippen molar-refractivity contribution < 1.29 is 4.79 Å². The van der Waals surface area contributed by atoms with Crippen LogP contribution >= 0.6 is 0 Å². The lowest BCUT2D eigenvalue weighted by Crippen LogP contribution is -2.45. The van der Waals surface area contributed by atoms with E-state index in [0.29, 0.717) is 12.4 Å². The molecule has 0 radical (unpaired) electrons. The highest BCUT2D eigenvalue weighted by Crippen LogP contribution is 2.10. The standard InChI is InChI=1S/C14H19N7O/c1-20-6-8-21(9-7-20)14-17-3-2-11(19-14)10-18-13(22)12-15-4-5-16-12/h2-5H,6-10H2,1H3,(H,15,16)(H,18,22). The number of imidazole rings is 1. The molecule has 22 heavy (non-hydrogen) atoms. The Bertz CT molecular complexity index is 620. The molecule has 1 aliphatic heterocycles. The molecule has 0 aliphatic carbocycles. The van der Waals surface area contributed by atoms with Crippen LogP contribution in [0.15, 0.2) is 24.7 Å². The summed E-state index contributed by atoms with van der Waals surface area (Å²) >= 11 is 0. The number of piperazine rings is 1. The van der Waals surface area contributed by atoms with Crippen molar-refractivity contribution >= 4 is 11.9 Å². The normalized spacial score (nSPS) is 15.8. The fourth-order valence-corrected chi connectivity index (χ4v) is 2.29. The van der Waals surface area contributed by atoms with Crippen LogP contribution in [0.4, 0.5) is 5.95 Å². The van der Waals surface area contributed by atoms with E-state index >= 15 is 0 Å². The van der Waals surface area contributed by atoms with Gasteiger partial charge in [0.05, 0.1) is 12.2 Å². The van der Waals surface area contributed by atoms with E-state index in [-0.39, 0.29) is 5.91 Å². The van der Waals surface area contributed by atoms with E-state index in [1.807, 2.05) is 6.07 Å². The molecule has 2 aromatic heterocycles. The smallest absolute Gasteiger partial charge is 0.287 e. The van der Waals surface area contributed by atoms with E-state index in [9.17, 15) is 4.79 Å². The Hall–Kier alpha value is -2.48. The molecule has 3 heterocycles. The molecule has 0 unspecified atom stereocenters. The van der Waals surface area contributed by atoms with Crippen molar-refractivity contribution in [1.29, 1.82) is 0 Å². The highest BCUT2D eigenvalue weighted by atomic mass is 16.2. The van der Waals surface area contributed by atoms with Gasteiger partial charge in [-0.2, -0.15) is 0 Å². The highest BCUT2D eigenvalue weighted by molar-refractivity contribution is 5.90. The number of amides is 1. The maximum absolute atomic E-state index is 11.8. The number of nitrogens with one attached hydrogen (secondary N) is 2. The van der Waals surface area contributed by atoms with E-state index in [0.717, 1.165) is 37.8 Å². The molecule has 0 atom stereocenters. The number of aromatic amines is 1. The summed E-state index contributed by atoms with van der Waals surface area (Å²) in [6.45, 7) is 4.19. The van der Waals surface area contributed by atoms with Gasteiger partial charge in [0, 0.05) is 44.8 Å². The van der Waals surface area contributed by atoms with Crippen LogP contribution in [0.25, 0.3) is 0 Å². The minimum Gasteiger partial charge on any atom is -0.344 e. The zero-order valence-electron chi connectivity index (χ0n) is 12.5. The summed E-state index contributed by atoms with van der Waals surface area (Å²) in [7, 11) is 2.11. The predicted octanol–water partition coefficient (Wildman–Crippen LogP) is -0.119. The highest BCUT2D eigenvalue weighted by Gasteiger charge is 2.16. The van der Waals surface area contributed by atoms with Gasteiger partial charge in [0.2, 0.25) is 5.95 Å². The quantitative estimate of drug-likeness (QED) is 0.818. The van der Waals surface area contributed by atoms with Gasteiger partial charge in [0.1, 0.15) is 0 Å². The van der Waals surface area contributed by atoms with Gasteiger partial charge in [-0.3, -0.25) is 4.79 Å². The summed E-state index contributed by atoms with van der Waals surface area (Å²) < 4.78 is 0. The molecule has 116 valence electrons. The van der Waals surface area contributed by atoms with Crippen molar-refractivity contribution in [3.05, 3.63) is 36.2 Å². The summed E-state index contributed by atoms with van der Waals surface area (Å²) in [5, 5.41) is 2.79. The Morgan fingerprint density at radius 3 is 2.82 bits per heavy atom. The molecule has 1 saturated heterocycles. The third-order valence-corrected chi connectivity index (χ3v) is 3.63. The van der Waals surface area contributed by atoms with Gasteiger partial charge in [-0.15, -0.1) is 0 Å². The molecule has 0 saturated carbocycles. The molecular formula is C14H19N7O. The average molecular weight is 301 g/mol. The monoisotopic (exact) mass is 301 g/mol. The number of aromatic nitrogens is 4. The average Bonchev–Trinajstić information content (AvgIpc) is 3.08. The maximum atomic E-state index is 11.8. The molecule has 2 aromatic rings. The topological polar surface area (TPSA) is 90.0 Å². The van der Waals surface area contributed by atoms with Crippen LogP contribution in [0.2, 0.25) is 0 Å². The minimum atomic E-state index is -0.246. The van der Waals surface area contributed by atoms with Crippen LogP contribution in [-0.2, 0) is 6.54 Å². The first-order valence-corrected chi connectivity index (χ1v) is 7.25. The minimum absolute atomic E-state index is 0.246. The molecule has 1 aliphatic rings. The second kappa shape index (κ2) is 6.52. The number of carbonyl (C=O) groups excluding carboxylic acids is 1. The number of likely N-dealkylation sites (N-methyl/N-ethyl adjacent to an activating group) is 1. The van der Waals surface area contributed by atoms with Crippen LogP contribution < -0.4 is 10.2 Å². The third-order valence-electron chi connectivity index (χ3n) is 3.63. The molecule has 0 aromatic carbocycles. The van der Waals surface area contributed by atoms with Crippen LogP contribution in [0.3, 0.4) is 0 Å². The molecule has 1 fully saturated rings. The fraction of sp³-hybridized carbons (Fsp3) is 0.429. The summed E-state index contributed by atoms with van der Waals surface area (Å²) in [4.78, 5) is 31.8. The van der Waals surface area contributed by atoms with Gasteiger partial charge >= 0.3 is 0 Å². The number of nitrogens with zero attached hydrogens (tertiary/aromatic N) is 5. The summed E-state index contributed by atoms with van der Waals surface area (Å²) in [6.07, 6.45) is 4.89. The van der Waals surface area contributed by atoms with Gasteiger partial charge in [0.25, 0.3) is 5.91 Å². The number of rotatable bonds is 4. The van der Waals surface area contributed by atoms with Crippen molar-refractivity contribution in [2.24, 2.45) is 0 Å². The molecule has 8 heteroatoms. The van der Waals surface area contributed by atoms with Gasteiger partial charge in [-0.1, -0.05) is 0 Å². The fourth-order valence-electron chi connectivity index (χ4n) is 2.29. The van der Waals surface area contributed by atoms with Crippen molar-refractivity contribution in [2.75, 3.05) is 38.1 Å². The van der Waals surface area contributed by atoms with E-state index in [1.165, 1.54) is 0 Å². The van der Waals surface area contributed by atoms with Crippen LogP contribution in [0.5, 0.6) is 0 Å². The van der Waals surface area contributed by atoms with E-state index in [4.69, 9.17) is 0 Å². The van der Waals surface area contributed by atoms with E-state index in [1.54, 1.807) is 18.6 Å². The lowest BCUT2D eigenvalue weighted by molar-refractivity contribution is 0.0941. The van der Waals surface area contributed by atoms with Crippen LogP contribution in [0.1, 0.15) is 16.3 Å². The predicted molar refractivity (Wildman–Crippen MR) is 81.5 cm³/mol. The SMILES string of the molecule is CN1CCN(c2nccc(CNC(=O)c3ncc[nH]3)n2)CC1. The lowest BCUT2D eigenvalue weighted by atomic mass is 10.3. The second-order valence-corrected chi connectivity index (χ2v) is 5.26. The summed E-state index contributed by atoms with van der Waals surface area (Å²) in [5.74, 6) is 0.774. The number of H-pyrrole nitrogens is 1. The Kier molecular flexibility index (Phi) is 4.29. The Labute approximate surface area is 128 Å². The van der Waals surface area contributed by atoms with Crippen LogP contribution in [0, 0.1) is 0 Å². The molecular weight excluding hydrogens is 282 g/mol. The zero-order chi connectivity index (χ0) is 15.4. The summed E-state index contributed by atoms with van der Waals surface area (Å²) in [6, 6.07) is 1.81. The lowest BCUT2D eigenvalue weighted by Gasteiger charge is -2.32. The Balaban J connectivity index is 1.60. The van der Waals surface area contributed by atoms with Crippen molar-refractivity contribution in [1.82, 2.24) is 30.2 Å². The maximum Gasteiger partial charge on any atom is 0.287 e. The van der Waals surface area contributed by atoms with Crippen LogP contribution in [-0.4, -0.2) is 64.0 Å². The second-order valence-electron chi connectivity index (χ2n) is 5.26. The first-order chi connectivity index (χ1) is 10.7. The number of carbonyl (C=O) groups is 1. The van der Waals surface area contributed by atoms with Gasteiger partial charge in [0.15, 0.2) is 5.82 Å². The first kappa shape index (κ1) is 14.5. The molecule has 2 N–H and O–H groups in total. The number of hydrogen-bond donors (Lipinski definition) is 2. The zero-order valence-corrected chi connectivity index (χ0v) is 12.5. The molecule has 0 bridgehead atoms. The molecule has 3 rings (SSSR count). The van der Waals surface area contributed by atoms with Gasteiger partial charge < -0.3 is 20.1 Å². The third kappa shape index (κ3) is 3.40. The van der Waals surface area contributed by atoms with Gasteiger partial charge in [-0.25, -0.2) is 15.0 Å². The molecule has 1 amide bonds. The van der Waals surface area contributed by atoms with Crippen molar-refractivity contribution in [3.8, 4) is 0 Å². The van der Waals surface area contributed by atoms with E-state index in [2.05, 4.69) is 42.1 Å². The Morgan fingerprint density at radius 2 is 2.09 bits per heavy atom. The first-order valence-electron chi connectivity index (χ1n) is 7.25. The number of anilines is 1. The largest absolute Gasteiger partial charge is 0.344 e. The molecule has 0 spiro atoms. The number of hydrogen-bond acceptors (Lipinski definition) is 6.